The third kappa shape index (κ3) is 3.53. The molecule has 2 aromatic carbocycles. The van der Waals surface area contributed by atoms with Crippen molar-refractivity contribution in [1.29, 1.82) is 0 Å². The van der Waals surface area contributed by atoms with Gasteiger partial charge in [-0.15, -0.1) is 0 Å². The maximum Gasteiger partial charge on any atom is 0.0458 e. The molecular formula is C17H21ClN2. The quantitative estimate of drug-likeness (QED) is 0.884. The molecule has 0 aliphatic rings. The molecule has 2 aromatic rings. The van der Waals surface area contributed by atoms with Crippen molar-refractivity contribution in [2.45, 2.75) is 26.3 Å². The second-order valence-electron chi connectivity index (χ2n) is 5.03. The Morgan fingerprint density at radius 3 is 2.45 bits per heavy atom. The number of halogens is 1. The molecule has 0 amide bonds. The minimum absolute atomic E-state index is 0.129. The number of nitrogens with two attached hydrogens (primary N) is 1. The van der Waals surface area contributed by atoms with Crippen LogP contribution in [0.1, 0.15) is 19.4 Å². The molecule has 0 spiro atoms. The van der Waals surface area contributed by atoms with Crippen LogP contribution >= 0.6 is 11.6 Å². The van der Waals surface area contributed by atoms with Crippen LogP contribution < -0.4 is 10.6 Å². The molecule has 3 heteroatoms. The first-order valence-corrected chi connectivity index (χ1v) is 7.36. The predicted molar refractivity (Wildman–Crippen MR) is 87.9 cm³/mol. The van der Waals surface area contributed by atoms with Gasteiger partial charge in [0.15, 0.2) is 0 Å². The van der Waals surface area contributed by atoms with Crippen LogP contribution in [0.5, 0.6) is 0 Å². The molecule has 2 rings (SSSR count). The Labute approximate surface area is 126 Å². The summed E-state index contributed by atoms with van der Waals surface area (Å²) in [5.41, 5.74) is 9.50. The van der Waals surface area contributed by atoms with Crippen molar-refractivity contribution in [3.05, 3.63) is 59.1 Å². The van der Waals surface area contributed by atoms with E-state index in [1.165, 1.54) is 11.3 Å². The van der Waals surface area contributed by atoms with Crippen molar-refractivity contribution in [2.24, 2.45) is 5.73 Å². The second-order valence-corrected chi connectivity index (χ2v) is 5.47. The number of rotatable bonds is 5. The van der Waals surface area contributed by atoms with Crippen LogP contribution in [0.4, 0.5) is 11.4 Å². The third-order valence-electron chi connectivity index (χ3n) is 3.26. The number of para-hydroxylation sites is 1. The van der Waals surface area contributed by atoms with E-state index < -0.39 is 0 Å². The zero-order valence-electron chi connectivity index (χ0n) is 12.0. The highest BCUT2D eigenvalue weighted by molar-refractivity contribution is 6.30. The van der Waals surface area contributed by atoms with Gasteiger partial charge in [-0.05, 0) is 50.1 Å². The lowest BCUT2D eigenvalue weighted by molar-refractivity contribution is 0.736. The van der Waals surface area contributed by atoms with Gasteiger partial charge < -0.3 is 10.6 Å². The molecule has 1 atom stereocenters. The first-order chi connectivity index (χ1) is 9.61. The summed E-state index contributed by atoms with van der Waals surface area (Å²) >= 11 is 6.18. The Kier molecular flexibility index (Phi) is 5.05. The van der Waals surface area contributed by atoms with Gasteiger partial charge >= 0.3 is 0 Å². The number of benzene rings is 2. The summed E-state index contributed by atoms with van der Waals surface area (Å²) in [5.74, 6) is 0. The summed E-state index contributed by atoms with van der Waals surface area (Å²) < 4.78 is 0. The minimum atomic E-state index is 0.129. The van der Waals surface area contributed by atoms with Crippen LogP contribution in [-0.2, 0) is 6.42 Å². The van der Waals surface area contributed by atoms with Gasteiger partial charge in [-0.3, -0.25) is 0 Å². The molecule has 0 aliphatic carbocycles. The van der Waals surface area contributed by atoms with Gasteiger partial charge in [0.25, 0.3) is 0 Å². The monoisotopic (exact) mass is 288 g/mol. The number of anilines is 2. The van der Waals surface area contributed by atoms with Crippen LogP contribution in [0.3, 0.4) is 0 Å². The predicted octanol–water partition coefficient (Wildman–Crippen LogP) is 4.39. The average Bonchev–Trinajstić information content (AvgIpc) is 2.43. The van der Waals surface area contributed by atoms with Gasteiger partial charge in [-0.2, -0.15) is 0 Å². The normalized spacial score (nSPS) is 12.2. The SMILES string of the molecule is CCN(c1ccccc1)c1cc(Cl)ccc1CC(C)N. The maximum absolute atomic E-state index is 6.18. The van der Waals surface area contributed by atoms with Gasteiger partial charge in [-0.1, -0.05) is 35.9 Å². The van der Waals surface area contributed by atoms with Crippen molar-refractivity contribution in [3.8, 4) is 0 Å². The Morgan fingerprint density at radius 2 is 1.85 bits per heavy atom. The topological polar surface area (TPSA) is 29.3 Å². The molecule has 0 saturated heterocycles. The molecule has 0 bridgehead atoms. The highest BCUT2D eigenvalue weighted by Crippen LogP contribution is 2.31. The average molecular weight is 289 g/mol. The number of hydrogen-bond donors (Lipinski definition) is 1. The van der Waals surface area contributed by atoms with Crippen molar-refractivity contribution in [3.63, 3.8) is 0 Å². The fourth-order valence-corrected chi connectivity index (χ4v) is 2.57. The van der Waals surface area contributed by atoms with Crippen molar-refractivity contribution >= 4 is 23.0 Å². The molecular weight excluding hydrogens is 268 g/mol. The first kappa shape index (κ1) is 14.9. The molecule has 0 heterocycles. The summed E-state index contributed by atoms with van der Waals surface area (Å²) in [6.45, 7) is 5.05. The summed E-state index contributed by atoms with van der Waals surface area (Å²) in [7, 11) is 0. The molecule has 0 radical (unpaired) electrons. The Balaban J connectivity index is 2.45. The van der Waals surface area contributed by atoms with Crippen molar-refractivity contribution in [1.82, 2.24) is 0 Å². The van der Waals surface area contributed by atoms with E-state index in [9.17, 15) is 0 Å². The summed E-state index contributed by atoms with van der Waals surface area (Å²) in [5, 5.41) is 0.753. The first-order valence-electron chi connectivity index (χ1n) is 6.98. The van der Waals surface area contributed by atoms with Gasteiger partial charge in [0, 0.05) is 29.0 Å². The van der Waals surface area contributed by atoms with E-state index in [4.69, 9.17) is 17.3 Å². The van der Waals surface area contributed by atoms with Crippen LogP contribution in [0.25, 0.3) is 0 Å². The van der Waals surface area contributed by atoms with E-state index in [-0.39, 0.29) is 6.04 Å². The lowest BCUT2D eigenvalue weighted by Gasteiger charge is -2.26. The highest BCUT2D eigenvalue weighted by atomic mass is 35.5. The zero-order chi connectivity index (χ0) is 14.5. The maximum atomic E-state index is 6.18. The second kappa shape index (κ2) is 6.78. The van der Waals surface area contributed by atoms with Gasteiger partial charge in [0.1, 0.15) is 0 Å². The van der Waals surface area contributed by atoms with E-state index in [1.807, 2.05) is 37.3 Å². The van der Waals surface area contributed by atoms with E-state index in [0.29, 0.717) is 0 Å². The molecule has 0 aromatic heterocycles. The molecule has 1 unspecified atom stereocenters. The number of hydrogen-bond acceptors (Lipinski definition) is 2. The highest BCUT2D eigenvalue weighted by Gasteiger charge is 2.13. The van der Waals surface area contributed by atoms with Gasteiger partial charge in [-0.25, -0.2) is 0 Å². The molecule has 2 N–H and O–H groups in total. The Morgan fingerprint density at radius 1 is 1.15 bits per heavy atom. The molecule has 20 heavy (non-hydrogen) atoms. The van der Waals surface area contributed by atoms with E-state index in [1.54, 1.807) is 0 Å². The minimum Gasteiger partial charge on any atom is -0.342 e. The fourth-order valence-electron chi connectivity index (χ4n) is 2.41. The van der Waals surface area contributed by atoms with Crippen LogP contribution in [0, 0.1) is 0 Å². The summed E-state index contributed by atoms with van der Waals surface area (Å²) in [6, 6.07) is 16.5. The smallest absolute Gasteiger partial charge is 0.0458 e. The standard InChI is InChI=1S/C17H21ClN2/c1-3-20(16-7-5-4-6-8-16)17-12-15(18)10-9-14(17)11-13(2)19/h4-10,12-13H,3,11,19H2,1-2H3. The van der Waals surface area contributed by atoms with Crippen molar-refractivity contribution in [2.75, 3.05) is 11.4 Å². The van der Waals surface area contributed by atoms with E-state index in [2.05, 4.69) is 30.0 Å². The zero-order valence-corrected chi connectivity index (χ0v) is 12.8. The number of nitrogens with zero attached hydrogens (tertiary/aromatic N) is 1. The molecule has 106 valence electrons. The summed E-state index contributed by atoms with van der Waals surface area (Å²) in [4.78, 5) is 2.27. The third-order valence-corrected chi connectivity index (χ3v) is 3.50. The van der Waals surface area contributed by atoms with Crippen LogP contribution in [-0.4, -0.2) is 12.6 Å². The van der Waals surface area contributed by atoms with Crippen LogP contribution in [0.2, 0.25) is 5.02 Å². The Hall–Kier alpha value is -1.51. The lowest BCUT2D eigenvalue weighted by atomic mass is 10.0. The fraction of sp³-hybridized carbons (Fsp3) is 0.294. The molecule has 0 fully saturated rings. The van der Waals surface area contributed by atoms with Gasteiger partial charge in [0.05, 0.1) is 0 Å². The summed E-state index contributed by atoms with van der Waals surface area (Å²) in [6.07, 6.45) is 0.843. The molecule has 0 saturated carbocycles. The molecule has 0 aliphatic heterocycles. The lowest BCUT2D eigenvalue weighted by Crippen LogP contribution is -2.22. The largest absolute Gasteiger partial charge is 0.342 e. The van der Waals surface area contributed by atoms with Gasteiger partial charge in [0.2, 0.25) is 0 Å². The van der Waals surface area contributed by atoms with Crippen LogP contribution in [0.15, 0.2) is 48.5 Å². The van der Waals surface area contributed by atoms with Crippen molar-refractivity contribution < 1.29 is 0 Å². The molecule has 2 nitrogen and oxygen atoms in total. The van der Waals surface area contributed by atoms with E-state index >= 15 is 0 Å². The van der Waals surface area contributed by atoms with E-state index in [0.717, 1.165) is 23.7 Å². The Bertz CT molecular complexity index is 552.